The fraction of sp³-hybridized carbons (Fsp3) is 0.455. The molecule has 5 heteroatoms. The highest BCUT2D eigenvalue weighted by molar-refractivity contribution is 5.19. The molecule has 0 unspecified atom stereocenters. The minimum absolute atomic E-state index is 0.0162. The topological polar surface area (TPSA) is 32.3 Å². The van der Waals surface area contributed by atoms with Gasteiger partial charge in [0.15, 0.2) is 11.6 Å². The first-order valence-corrected chi connectivity index (χ1v) is 5.02. The minimum Gasteiger partial charge on any atom is -0.396 e. The number of nitrogens with one attached hydrogen (secondary N) is 1. The zero-order chi connectivity index (χ0) is 12.1. The lowest BCUT2D eigenvalue weighted by molar-refractivity contribution is 0.268. The van der Waals surface area contributed by atoms with E-state index in [4.69, 9.17) is 5.11 Å². The van der Waals surface area contributed by atoms with Crippen LogP contribution in [0, 0.1) is 17.5 Å². The molecule has 0 radical (unpaired) electrons. The monoisotopic (exact) mass is 233 g/mol. The summed E-state index contributed by atoms with van der Waals surface area (Å²) in [7, 11) is 0. The Morgan fingerprint density at radius 3 is 2.44 bits per heavy atom. The number of aliphatic hydroxyl groups excluding tert-OH is 1. The van der Waals surface area contributed by atoms with Crippen LogP contribution in [0.4, 0.5) is 13.2 Å². The van der Waals surface area contributed by atoms with E-state index in [1.165, 1.54) is 0 Å². The Balaban J connectivity index is 2.63. The van der Waals surface area contributed by atoms with Crippen LogP contribution in [0.15, 0.2) is 12.1 Å². The van der Waals surface area contributed by atoms with Crippen LogP contribution in [0.1, 0.15) is 18.9 Å². The summed E-state index contributed by atoms with van der Waals surface area (Å²) >= 11 is 0. The summed E-state index contributed by atoms with van der Waals surface area (Å²) in [6, 6.07) is 1.35. The molecule has 2 N–H and O–H groups in total. The summed E-state index contributed by atoms with van der Waals surface area (Å²) in [5.41, 5.74) is 0.0729. The molecule has 2 nitrogen and oxygen atoms in total. The van der Waals surface area contributed by atoms with Crippen molar-refractivity contribution in [1.29, 1.82) is 0 Å². The van der Waals surface area contributed by atoms with Crippen LogP contribution in [-0.4, -0.2) is 17.8 Å². The van der Waals surface area contributed by atoms with Gasteiger partial charge in [-0.05, 0) is 19.4 Å². The van der Waals surface area contributed by atoms with Crippen molar-refractivity contribution < 1.29 is 18.3 Å². The number of halogens is 3. The van der Waals surface area contributed by atoms with Crippen molar-refractivity contribution in [3.8, 4) is 0 Å². The normalized spacial score (nSPS) is 12.8. The van der Waals surface area contributed by atoms with E-state index < -0.39 is 17.5 Å². The summed E-state index contributed by atoms with van der Waals surface area (Å²) in [6.45, 7) is 1.94. The van der Waals surface area contributed by atoms with Gasteiger partial charge in [0.25, 0.3) is 0 Å². The van der Waals surface area contributed by atoms with E-state index in [-0.39, 0.29) is 24.8 Å². The van der Waals surface area contributed by atoms with Gasteiger partial charge in [0.1, 0.15) is 5.82 Å². The Kier molecular flexibility index (Phi) is 4.76. The molecule has 1 atom stereocenters. The van der Waals surface area contributed by atoms with Gasteiger partial charge in [0, 0.05) is 30.8 Å². The van der Waals surface area contributed by atoms with E-state index in [1.807, 2.05) is 6.92 Å². The quantitative estimate of drug-likeness (QED) is 0.762. The lowest BCUT2D eigenvalue weighted by Gasteiger charge is -2.12. The Labute approximate surface area is 92.1 Å². The lowest BCUT2D eigenvalue weighted by atomic mass is 10.1. The molecule has 0 saturated carbocycles. The molecule has 1 rings (SSSR count). The highest BCUT2D eigenvalue weighted by Gasteiger charge is 2.10. The highest BCUT2D eigenvalue weighted by atomic mass is 19.2. The van der Waals surface area contributed by atoms with E-state index in [0.29, 0.717) is 12.5 Å². The van der Waals surface area contributed by atoms with E-state index in [0.717, 1.165) is 6.07 Å². The van der Waals surface area contributed by atoms with Gasteiger partial charge in [-0.1, -0.05) is 0 Å². The van der Waals surface area contributed by atoms with E-state index >= 15 is 0 Å². The predicted molar refractivity (Wildman–Crippen MR) is 54.3 cm³/mol. The Bertz CT molecular complexity index is 357. The Hall–Kier alpha value is -1.07. The molecule has 16 heavy (non-hydrogen) atoms. The van der Waals surface area contributed by atoms with Crippen LogP contribution in [0.25, 0.3) is 0 Å². The maximum Gasteiger partial charge on any atom is 0.161 e. The van der Waals surface area contributed by atoms with Gasteiger partial charge >= 0.3 is 0 Å². The summed E-state index contributed by atoms with van der Waals surface area (Å²) in [5.74, 6) is -3.03. The predicted octanol–water partition coefficient (Wildman–Crippen LogP) is 1.96. The van der Waals surface area contributed by atoms with Gasteiger partial charge in [0.2, 0.25) is 0 Å². The van der Waals surface area contributed by atoms with Crippen LogP contribution in [0.2, 0.25) is 0 Å². The maximum absolute atomic E-state index is 13.2. The van der Waals surface area contributed by atoms with E-state index in [1.54, 1.807) is 0 Å². The Morgan fingerprint density at radius 2 is 1.81 bits per heavy atom. The molecule has 0 aromatic heterocycles. The van der Waals surface area contributed by atoms with Crippen molar-refractivity contribution in [3.63, 3.8) is 0 Å². The first kappa shape index (κ1) is 13.0. The van der Waals surface area contributed by atoms with E-state index in [9.17, 15) is 13.2 Å². The second kappa shape index (κ2) is 5.86. The average Bonchev–Trinajstić information content (AvgIpc) is 2.22. The lowest BCUT2D eigenvalue weighted by Crippen LogP contribution is -2.26. The van der Waals surface area contributed by atoms with Gasteiger partial charge in [0.05, 0.1) is 0 Å². The van der Waals surface area contributed by atoms with Crippen LogP contribution >= 0.6 is 0 Å². The van der Waals surface area contributed by atoms with Gasteiger partial charge in [-0.25, -0.2) is 13.2 Å². The molecule has 0 aliphatic heterocycles. The van der Waals surface area contributed by atoms with Crippen LogP contribution in [0.5, 0.6) is 0 Å². The Morgan fingerprint density at radius 1 is 1.19 bits per heavy atom. The third kappa shape index (κ3) is 3.50. The molecule has 0 amide bonds. The molecule has 0 aliphatic rings. The second-order valence-electron chi connectivity index (χ2n) is 3.65. The number of hydrogen-bond acceptors (Lipinski definition) is 2. The van der Waals surface area contributed by atoms with Crippen molar-refractivity contribution in [2.24, 2.45) is 0 Å². The third-order valence-electron chi connectivity index (χ3n) is 2.29. The average molecular weight is 233 g/mol. The molecular formula is C11H14F3NO. The molecular weight excluding hydrogens is 219 g/mol. The standard InChI is InChI=1S/C11H14F3NO/c1-7(2-3-16)15-6-8-4-10(13)11(14)5-9(8)12/h4-5,7,15-16H,2-3,6H2,1H3/t7-/m1/s1. The fourth-order valence-corrected chi connectivity index (χ4v) is 1.28. The van der Waals surface area contributed by atoms with Gasteiger partial charge in [-0.15, -0.1) is 0 Å². The molecule has 1 aromatic carbocycles. The van der Waals surface area contributed by atoms with Crippen LogP contribution < -0.4 is 5.32 Å². The van der Waals surface area contributed by atoms with Crippen molar-refractivity contribution in [2.75, 3.05) is 6.61 Å². The number of rotatable bonds is 5. The van der Waals surface area contributed by atoms with Gasteiger partial charge < -0.3 is 10.4 Å². The zero-order valence-corrected chi connectivity index (χ0v) is 8.93. The van der Waals surface area contributed by atoms with Gasteiger partial charge in [-0.3, -0.25) is 0 Å². The van der Waals surface area contributed by atoms with Gasteiger partial charge in [-0.2, -0.15) is 0 Å². The molecule has 0 fully saturated rings. The second-order valence-corrected chi connectivity index (χ2v) is 3.65. The molecule has 0 bridgehead atoms. The number of hydrogen-bond donors (Lipinski definition) is 2. The smallest absolute Gasteiger partial charge is 0.161 e. The van der Waals surface area contributed by atoms with Crippen molar-refractivity contribution in [1.82, 2.24) is 5.32 Å². The summed E-state index contributed by atoms with van der Waals surface area (Å²) < 4.78 is 38.6. The van der Waals surface area contributed by atoms with Crippen molar-refractivity contribution in [2.45, 2.75) is 25.9 Å². The van der Waals surface area contributed by atoms with Crippen LogP contribution in [0.3, 0.4) is 0 Å². The highest BCUT2D eigenvalue weighted by Crippen LogP contribution is 2.13. The molecule has 0 spiro atoms. The third-order valence-corrected chi connectivity index (χ3v) is 2.29. The first-order valence-electron chi connectivity index (χ1n) is 5.02. The molecule has 0 heterocycles. The number of benzene rings is 1. The summed E-state index contributed by atoms with van der Waals surface area (Å²) in [5, 5.41) is 11.5. The van der Waals surface area contributed by atoms with E-state index in [2.05, 4.69) is 5.32 Å². The molecule has 0 aliphatic carbocycles. The largest absolute Gasteiger partial charge is 0.396 e. The molecule has 90 valence electrons. The first-order chi connectivity index (χ1) is 7.54. The maximum atomic E-state index is 13.2. The summed E-state index contributed by atoms with van der Waals surface area (Å²) in [4.78, 5) is 0. The molecule has 1 aromatic rings. The zero-order valence-electron chi connectivity index (χ0n) is 8.93. The van der Waals surface area contributed by atoms with Crippen LogP contribution in [-0.2, 0) is 6.54 Å². The number of aliphatic hydroxyl groups is 1. The SMILES string of the molecule is C[C@H](CCO)NCc1cc(F)c(F)cc1F. The minimum atomic E-state index is -1.19. The fourth-order valence-electron chi connectivity index (χ4n) is 1.28. The van der Waals surface area contributed by atoms with Crippen molar-refractivity contribution in [3.05, 3.63) is 35.1 Å². The molecule has 0 saturated heterocycles. The summed E-state index contributed by atoms with van der Waals surface area (Å²) in [6.07, 6.45) is 0.519. The van der Waals surface area contributed by atoms with Crippen molar-refractivity contribution >= 4 is 0 Å².